The minimum absolute atomic E-state index is 0.00984. The van der Waals surface area contributed by atoms with Crippen molar-refractivity contribution in [2.24, 2.45) is 16.7 Å². The number of carbonyl (C=O) groups excluding carboxylic acids is 2. The summed E-state index contributed by atoms with van der Waals surface area (Å²) in [6.07, 6.45) is 11.1. The maximum absolute atomic E-state index is 14.3. The molecule has 2 bridgehead atoms. The van der Waals surface area contributed by atoms with E-state index >= 15 is 0 Å². The van der Waals surface area contributed by atoms with Crippen LogP contribution in [0.2, 0.25) is 10.0 Å². The van der Waals surface area contributed by atoms with Gasteiger partial charge in [-0.15, -0.1) is 0 Å². The van der Waals surface area contributed by atoms with E-state index in [1.807, 2.05) is 32.0 Å². The number of hydrogen-bond acceptors (Lipinski definition) is 3. The van der Waals surface area contributed by atoms with Gasteiger partial charge in [-0.05, 0) is 107 Å². The van der Waals surface area contributed by atoms with Gasteiger partial charge in [0.2, 0.25) is 12.3 Å². The number of aromatic nitrogens is 1. The molecule has 1 unspecified atom stereocenters. The molecule has 8 heteroatoms. The summed E-state index contributed by atoms with van der Waals surface area (Å²) >= 11 is 12.2. The highest BCUT2D eigenvalue weighted by atomic mass is 35.5. The van der Waals surface area contributed by atoms with Crippen LogP contribution in [0.3, 0.4) is 0 Å². The smallest absolute Gasteiger partial charge is 0.237 e. The molecule has 5 nitrogen and oxygen atoms in total. The highest BCUT2D eigenvalue weighted by Crippen LogP contribution is 2.60. The zero-order chi connectivity index (χ0) is 27.3. The lowest BCUT2D eigenvalue weighted by Gasteiger charge is -2.36. The highest BCUT2D eigenvalue weighted by molar-refractivity contribution is 6.42. The Morgan fingerprint density at radius 3 is 2.47 bits per heavy atom. The Morgan fingerprint density at radius 2 is 1.92 bits per heavy atom. The van der Waals surface area contributed by atoms with Crippen molar-refractivity contribution < 1.29 is 14.0 Å². The number of halogens is 3. The number of carbonyl (C=O) groups is 2. The Bertz CT molecular complexity index is 1210. The second-order valence-corrected chi connectivity index (χ2v) is 12.0. The zero-order valence-electron chi connectivity index (χ0n) is 21.8. The van der Waals surface area contributed by atoms with Crippen LogP contribution in [0.5, 0.6) is 0 Å². The molecule has 2 N–H and O–H groups in total. The lowest BCUT2D eigenvalue weighted by Crippen LogP contribution is -2.45. The molecule has 1 aromatic heterocycles. The fraction of sp³-hybridized carbons (Fsp3) is 0.500. The molecule has 2 aromatic rings. The van der Waals surface area contributed by atoms with Gasteiger partial charge in [0.1, 0.15) is 16.9 Å². The summed E-state index contributed by atoms with van der Waals surface area (Å²) < 4.78 is 14.3. The van der Waals surface area contributed by atoms with Gasteiger partial charge < -0.3 is 10.6 Å². The summed E-state index contributed by atoms with van der Waals surface area (Å²) in [7, 11) is 0. The summed E-state index contributed by atoms with van der Waals surface area (Å²) in [6, 6.07) is 8.31. The van der Waals surface area contributed by atoms with E-state index in [1.165, 1.54) is 18.6 Å². The molecule has 1 aromatic carbocycles. The van der Waals surface area contributed by atoms with Crippen molar-refractivity contribution in [2.75, 3.05) is 0 Å². The van der Waals surface area contributed by atoms with E-state index in [0.29, 0.717) is 34.6 Å². The molecular formula is C30H34Cl2FN3O2. The van der Waals surface area contributed by atoms with Crippen LogP contribution in [0.15, 0.2) is 36.5 Å². The quantitative estimate of drug-likeness (QED) is 0.238. The van der Waals surface area contributed by atoms with Gasteiger partial charge in [0.25, 0.3) is 0 Å². The second kappa shape index (κ2) is 12.1. The number of fused-ring (bicyclic) bond motifs is 2. The number of rotatable bonds is 6. The zero-order valence-corrected chi connectivity index (χ0v) is 23.3. The average molecular weight is 559 g/mol. The molecule has 0 aliphatic heterocycles. The van der Waals surface area contributed by atoms with Crippen LogP contribution < -0.4 is 10.6 Å². The van der Waals surface area contributed by atoms with Gasteiger partial charge in [0.15, 0.2) is 0 Å². The maximum Gasteiger partial charge on any atom is 0.237 e. The van der Waals surface area contributed by atoms with E-state index in [1.54, 1.807) is 6.20 Å². The molecule has 3 fully saturated rings. The lowest BCUT2D eigenvalue weighted by atomic mass is 9.74. The van der Waals surface area contributed by atoms with Crippen LogP contribution in [0, 0.1) is 34.4 Å². The van der Waals surface area contributed by atoms with Crippen molar-refractivity contribution in [2.45, 2.75) is 77.3 Å². The molecule has 3 aliphatic rings. The molecule has 202 valence electrons. The number of nitrogens with zero attached hydrogens (tertiary/aromatic N) is 1. The number of hydrogen-bond donors (Lipinski definition) is 2. The van der Waals surface area contributed by atoms with Crippen LogP contribution in [0.1, 0.15) is 82.5 Å². The molecule has 38 heavy (non-hydrogen) atoms. The maximum atomic E-state index is 14.3. The Kier molecular flexibility index (Phi) is 9.00. The number of nitrogens with one attached hydrogen (secondary N) is 2. The summed E-state index contributed by atoms with van der Waals surface area (Å²) in [5, 5.41) is 6.38. The van der Waals surface area contributed by atoms with Crippen molar-refractivity contribution in [3.8, 4) is 11.8 Å². The topological polar surface area (TPSA) is 71.1 Å². The Hall–Kier alpha value is -2.62. The summed E-state index contributed by atoms with van der Waals surface area (Å²) in [5.74, 6) is 6.27. The molecule has 0 saturated heterocycles. The number of benzene rings is 1. The Labute approximate surface area is 234 Å². The fourth-order valence-electron chi connectivity index (χ4n) is 5.72. The SMILES string of the molecule is CC(C)(C#Cc1ccccn1)C(=O)NC1CCC1.O=CNC(c1c(F)ccc(Cl)c1Cl)C12CCC(CC1)C2. The minimum atomic E-state index is -0.674. The van der Waals surface area contributed by atoms with Crippen LogP contribution in [0.4, 0.5) is 4.39 Å². The van der Waals surface area contributed by atoms with Gasteiger partial charge in [-0.3, -0.25) is 9.59 Å². The number of amides is 2. The first kappa shape index (κ1) is 28.4. The van der Waals surface area contributed by atoms with Gasteiger partial charge in [-0.1, -0.05) is 35.2 Å². The van der Waals surface area contributed by atoms with Gasteiger partial charge in [-0.2, -0.15) is 0 Å². The van der Waals surface area contributed by atoms with Crippen molar-refractivity contribution in [3.63, 3.8) is 0 Å². The molecule has 2 amide bonds. The van der Waals surface area contributed by atoms with Crippen LogP contribution in [0.25, 0.3) is 0 Å². The minimum Gasteiger partial charge on any atom is -0.352 e. The van der Waals surface area contributed by atoms with Crippen molar-refractivity contribution in [1.82, 2.24) is 15.6 Å². The fourth-order valence-corrected chi connectivity index (χ4v) is 6.14. The van der Waals surface area contributed by atoms with E-state index in [9.17, 15) is 14.0 Å². The first-order valence-electron chi connectivity index (χ1n) is 13.2. The molecule has 0 radical (unpaired) electrons. The summed E-state index contributed by atoms with van der Waals surface area (Å²) in [5.41, 5.74) is 0.296. The molecule has 1 heterocycles. The van der Waals surface area contributed by atoms with E-state index in [-0.39, 0.29) is 16.3 Å². The van der Waals surface area contributed by atoms with Gasteiger partial charge in [0, 0.05) is 17.8 Å². The van der Waals surface area contributed by atoms with E-state index in [4.69, 9.17) is 23.2 Å². The monoisotopic (exact) mass is 557 g/mol. The molecule has 5 rings (SSSR count). The van der Waals surface area contributed by atoms with E-state index < -0.39 is 17.3 Å². The van der Waals surface area contributed by atoms with Crippen molar-refractivity contribution >= 4 is 35.5 Å². The highest BCUT2D eigenvalue weighted by Gasteiger charge is 2.51. The van der Waals surface area contributed by atoms with Gasteiger partial charge in [0.05, 0.1) is 16.1 Å². The second-order valence-electron chi connectivity index (χ2n) is 11.2. The number of pyridine rings is 1. The average Bonchev–Trinajstić information content (AvgIpc) is 3.50. The molecule has 1 atom stereocenters. The first-order chi connectivity index (χ1) is 18.1. The van der Waals surface area contributed by atoms with E-state index in [0.717, 1.165) is 44.9 Å². The van der Waals surface area contributed by atoms with Crippen molar-refractivity contribution in [3.05, 3.63) is 63.6 Å². The van der Waals surface area contributed by atoms with Crippen LogP contribution >= 0.6 is 23.2 Å². The third-order valence-electron chi connectivity index (χ3n) is 8.19. The molecular weight excluding hydrogens is 524 g/mol. The largest absolute Gasteiger partial charge is 0.352 e. The molecule has 3 saturated carbocycles. The summed E-state index contributed by atoms with van der Waals surface area (Å²) in [6.45, 7) is 3.69. The van der Waals surface area contributed by atoms with Crippen LogP contribution in [-0.4, -0.2) is 23.3 Å². The predicted molar refractivity (Wildman–Crippen MR) is 148 cm³/mol. The normalized spacial score (nSPS) is 22.7. The summed E-state index contributed by atoms with van der Waals surface area (Å²) in [4.78, 5) is 27.2. The predicted octanol–water partition coefficient (Wildman–Crippen LogP) is 6.63. The van der Waals surface area contributed by atoms with Gasteiger partial charge >= 0.3 is 0 Å². The molecule has 3 aliphatic carbocycles. The standard InChI is InChI=1S/C15H16Cl2FNO.C15H18N2O/c16-10-1-2-11(18)12(13(10)17)14(19-8-20)15-5-3-9(7-15)4-6-15;1-15(2,14(18)17-13-7-5-8-13)10-9-12-6-3-4-11-16-12/h1-2,8-9,14H,3-7H2,(H,19,20);3-4,6,11,13H,5,7-8H2,1-2H3,(H,17,18). The van der Waals surface area contributed by atoms with Crippen molar-refractivity contribution in [1.29, 1.82) is 0 Å². The van der Waals surface area contributed by atoms with Gasteiger partial charge in [-0.25, -0.2) is 9.37 Å². The third-order valence-corrected chi connectivity index (χ3v) is 9.01. The third kappa shape index (κ3) is 6.33. The Morgan fingerprint density at radius 1 is 1.18 bits per heavy atom. The van der Waals surface area contributed by atoms with Crippen LogP contribution in [-0.2, 0) is 9.59 Å². The Balaban J connectivity index is 0.000000178. The first-order valence-corrected chi connectivity index (χ1v) is 14.0. The van der Waals surface area contributed by atoms with E-state index in [2.05, 4.69) is 27.5 Å². The lowest BCUT2D eigenvalue weighted by molar-refractivity contribution is -0.128. The molecule has 0 spiro atoms.